The fourth-order valence-corrected chi connectivity index (χ4v) is 5.51. The number of piperidine rings is 1. The van der Waals surface area contributed by atoms with Gasteiger partial charge in [-0.05, 0) is 31.9 Å². The van der Waals surface area contributed by atoms with E-state index in [1.807, 2.05) is 0 Å². The third kappa shape index (κ3) is 3.58. The highest BCUT2D eigenvalue weighted by atomic mass is 19.4. The molecular weight excluding hydrogens is 461 g/mol. The molecule has 2 aliphatic rings. The molecule has 1 aromatic carbocycles. The summed E-state index contributed by atoms with van der Waals surface area (Å²) in [5, 5.41) is 16.2. The van der Waals surface area contributed by atoms with Gasteiger partial charge < -0.3 is 14.4 Å². The molecule has 4 aromatic rings. The van der Waals surface area contributed by atoms with Crippen LogP contribution < -0.4 is 0 Å². The first-order valence-corrected chi connectivity index (χ1v) is 11.4. The van der Waals surface area contributed by atoms with E-state index in [0.29, 0.717) is 40.7 Å². The molecule has 182 valence electrons. The molecule has 1 saturated heterocycles. The van der Waals surface area contributed by atoms with Gasteiger partial charge in [-0.3, -0.25) is 14.5 Å². The number of carbonyl (C=O) groups is 1. The zero-order chi connectivity index (χ0) is 25.2. The zero-order valence-corrected chi connectivity index (χ0v) is 18.6. The van der Waals surface area contributed by atoms with Crippen molar-refractivity contribution in [1.82, 2.24) is 19.7 Å². The summed E-state index contributed by atoms with van der Waals surface area (Å²) in [6.07, 6.45) is -0.207. The van der Waals surface area contributed by atoms with Gasteiger partial charge in [0.2, 0.25) is 0 Å². The molecule has 10 heteroatoms. The van der Waals surface area contributed by atoms with Crippen molar-refractivity contribution in [2.75, 3.05) is 13.1 Å². The molecule has 6 rings (SSSR count). The first kappa shape index (κ1) is 20.9. The van der Waals surface area contributed by atoms with Gasteiger partial charge >= 0.3 is 6.18 Å². The predicted octanol–water partition coefficient (Wildman–Crippen LogP) is 4.64. The van der Waals surface area contributed by atoms with Crippen LogP contribution in [0.2, 0.25) is 0 Å². The molecule has 35 heavy (non-hydrogen) atoms. The Morgan fingerprint density at radius 1 is 1.26 bits per heavy atom. The highest BCUT2D eigenvalue weighted by Gasteiger charge is 2.50. The number of rotatable bonds is 3. The number of para-hydroxylation sites is 1. The molecule has 2 atom stereocenters. The van der Waals surface area contributed by atoms with E-state index in [2.05, 4.69) is 10.1 Å². The summed E-state index contributed by atoms with van der Waals surface area (Å²) in [4.78, 5) is 19.2. The number of fused-ring (bicyclic) bond motifs is 4. The highest BCUT2D eigenvalue weighted by molar-refractivity contribution is 6.03. The van der Waals surface area contributed by atoms with Crippen molar-refractivity contribution >= 4 is 27.8 Å². The summed E-state index contributed by atoms with van der Waals surface area (Å²) in [5.74, 6) is -0.799. The largest absolute Gasteiger partial charge is 0.464 e. The number of pyridine rings is 1. The van der Waals surface area contributed by atoms with Crippen molar-refractivity contribution in [2.45, 2.75) is 38.1 Å². The number of halogens is 3. The van der Waals surface area contributed by atoms with E-state index in [4.69, 9.17) is 5.79 Å². The maximum absolute atomic E-state index is 13.4. The van der Waals surface area contributed by atoms with Crippen LogP contribution in [0, 0.1) is 11.8 Å². The molecule has 0 radical (unpaired) electrons. The van der Waals surface area contributed by atoms with E-state index >= 15 is 0 Å². The Bertz CT molecular complexity index is 1470. The fourth-order valence-electron chi connectivity index (χ4n) is 5.51. The van der Waals surface area contributed by atoms with Crippen molar-refractivity contribution in [3.8, 4) is 11.3 Å². The van der Waals surface area contributed by atoms with Crippen LogP contribution in [0.5, 0.6) is 0 Å². The normalized spacial score (nSPS) is 24.9. The fraction of sp³-hybridized carbons (Fsp3) is 0.400. The van der Waals surface area contributed by atoms with E-state index in [-0.39, 0.29) is 29.9 Å². The van der Waals surface area contributed by atoms with Crippen LogP contribution in [-0.2, 0) is 6.54 Å². The standard InChI is InChI=1S/C25H23F3N4O3/c1-24(34)14-6-7-15(24)11-31(10-14)23(33)19-8-20-17(9-29-19)22(30-32(20)13-25(26,27)28)18-12-35-21-5-3-2-4-16(18)21/h2-5,8-9,12,14-15,34H,6-7,10-11,13H2,1H3/i1D. The van der Waals surface area contributed by atoms with E-state index in [1.165, 1.54) is 18.5 Å². The molecule has 3 aromatic heterocycles. The van der Waals surface area contributed by atoms with Crippen LogP contribution in [0.25, 0.3) is 33.1 Å². The number of benzene rings is 1. The number of hydrogen-bond acceptors (Lipinski definition) is 5. The number of alkyl halides is 3. The van der Waals surface area contributed by atoms with E-state index in [0.717, 1.165) is 17.5 Å². The zero-order valence-electron chi connectivity index (χ0n) is 19.6. The van der Waals surface area contributed by atoms with Gasteiger partial charge in [-0.2, -0.15) is 18.3 Å². The van der Waals surface area contributed by atoms with Gasteiger partial charge in [0.15, 0.2) is 0 Å². The average molecular weight is 485 g/mol. The van der Waals surface area contributed by atoms with E-state index < -0.39 is 24.2 Å². The number of carbonyl (C=O) groups excluding carboxylic acids is 1. The summed E-state index contributed by atoms with van der Waals surface area (Å²) < 4.78 is 54.4. The van der Waals surface area contributed by atoms with Crippen LogP contribution in [0.4, 0.5) is 13.2 Å². The summed E-state index contributed by atoms with van der Waals surface area (Å²) in [6.45, 7) is -0.852. The molecule has 1 aliphatic carbocycles. The topological polar surface area (TPSA) is 84.4 Å². The highest BCUT2D eigenvalue weighted by Crippen LogP contribution is 2.45. The Morgan fingerprint density at radius 2 is 2.00 bits per heavy atom. The Labute approximate surface area is 199 Å². The van der Waals surface area contributed by atoms with Crippen molar-refractivity contribution in [1.29, 1.82) is 0 Å². The minimum atomic E-state index is -4.52. The molecule has 0 spiro atoms. The Kier molecular flexibility index (Phi) is 4.51. The van der Waals surface area contributed by atoms with Crippen molar-refractivity contribution in [3.63, 3.8) is 0 Å². The van der Waals surface area contributed by atoms with Crippen molar-refractivity contribution in [2.24, 2.45) is 11.8 Å². The van der Waals surface area contributed by atoms with Gasteiger partial charge in [0.25, 0.3) is 5.91 Å². The SMILES string of the molecule is [2H]CC1(O)C2CCC1CN(C(=O)c1cc3c(cn1)c(-c1coc4ccccc14)nn3CC(F)(F)F)C2. The number of amides is 1. The second-order valence-corrected chi connectivity index (χ2v) is 9.53. The lowest BCUT2D eigenvalue weighted by Crippen LogP contribution is -2.53. The summed E-state index contributed by atoms with van der Waals surface area (Å²) in [7, 11) is 0. The van der Waals surface area contributed by atoms with Gasteiger partial charge in [0, 0.05) is 48.8 Å². The summed E-state index contributed by atoms with van der Waals surface area (Å²) >= 11 is 0. The van der Waals surface area contributed by atoms with Gasteiger partial charge in [-0.25, -0.2) is 0 Å². The quantitative estimate of drug-likeness (QED) is 0.457. The van der Waals surface area contributed by atoms with E-state index in [9.17, 15) is 23.1 Å². The molecule has 1 amide bonds. The maximum Gasteiger partial charge on any atom is 0.408 e. The molecule has 4 heterocycles. The van der Waals surface area contributed by atoms with Gasteiger partial charge in [0.05, 0.1) is 11.1 Å². The summed E-state index contributed by atoms with van der Waals surface area (Å²) in [6, 6.07) is 8.52. The first-order valence-electron chi connectivity index (χ1n) is 12.1. The monoisotopic (exact) mass is 485 g/mol. The first-order chi connectivity index (χ1) is 17.2. The maximum atomic E-state index is 13.4. The number of likely N-dealkylation sites (tertiary alicyclic amines) is 1. The lowest BCUT2D eigenvalue weighted by Gasteiger charge is -2.42. The number of nitrogens with zero attached hydrogens (tertiary/aromatic N) is 4. The molecule has 7 nitrogen and oxygen atoms in total. The van der Waals surface area contributed by atoms with E-state index in [1.54, 1.807) is 29.2 Å². The molecule has 1 saturated carbocycles. The molecular formula is C25H23F3N4O3. The Balaban J connectivity index is 1.40. The van der Waals surface area contributed by atoms with Crippen molar-refractivity contribution < 1.29 is 28.9 Å². The van der Waals surface area contributed by atoms with Gasteiger partial charge in [-0.1, -0.05) is 18.2 Å². The number of hydrogen-bond donors (Lipinski definition) is 1. The smallest absolute Gasteiger partial charge is 0.408 e. The minimum Gasteiger partial charge on any atom is -0.464 e. The molecule has 1 N–H and O–H groups in total. The predicted molar refractivity (Wildman–Crippen MR) is 122 cm³/mol. The third-order valence-corrected chi connectivity index (χ3v) is 7.37. The Hall–Kier alpha value is -3.40. The van der Waals surface area contributed by atoms with Crippen LogP contribution in [0.1, 0.15) is 31.6 Å². The van der Waals surface area contributed by atoms with Gasteiger partial charge in [-0.15, -0.1) is 0 Å². The van der Waals surface area contributed by atoms with Crippen molar-refractivity contribution in [3.05, 3.63) is 48.5 Å². The van der Waals surface area contributed by atoms with Crippen LogP contribution >= 0.6 is 0 Å². The van der Waals surface area contributed by atoms with Crippen LogP contribution in [0.15, 0.2) is 47.2 Å². The second kappa shape index (κ2) is 7.55. The minimum absolute atomic E-state index is 0.0186. The van der Waals surface area contributed by atoms with Crippen LogP contribution in [0.3, 0.4) is 0 Å². The molecule has 2 fully saturated rings. The molecule has 1 aliphatic heterocycles. The Morgan fingerprint density at radius 3 is 2.71 bits per heavy atom. The second-order valence-electron chi connectivity index (χ2n) is 9.53. The van der Waals surface area contributed by atoms with Gasteiger partial charge in [0.1, 0.15) is 29.8 Å². The van der Waals surface area contributed by atoms with Crippen LogP contribution in [-0.4, -0.2) is 55.5 Å². The average Bonchev–Trinajstić information content (AvgIpc) is 3.45. The number of aromatic nitrogens is 3. The third-order valence-electron chi connectivity index (χ3n) is 7.37. The lowest BCUT2D eigenvalue weighted by atomic mass is 9.82. The molecule has 2 unspecified atom stereocenters. The summed E-state index contributed by atoms with van der Waals surface area (Å²) in [5.41, 5.74) is 0.487. The lowest BCUT2D eigenvalue weighted by molar-refractivity contribution is -0.141. The number of aliphatic hydroxyl groups is 1. The molecule has 2 bridgehead atoms. The number of furan rings is 1.